The molecule has 0 spiro atoms. The molecular weight excluding hydrogens is 376 g/mol. The summed E-state index contributed by atoms with van der Waals surface area (Å²) in [6.45, 7) is 5.42. The van der Waals surface area contributed by atoms with Gasteiger partial charge < -0.3 is 10.4 Å². The molecule has 6 nitrogen and oxygen atoms in total. The second-order valence-electron chi connectivity index (χ2n) is 7.84. The maximum absolute atomic E-state index is 12.9. The number of fused-ring (bicyclic) bond motifs is 1. The van der Waals surface area contributed by atoms with Gasteiger partial charge in [-0.05, 0) is 18.1 Å². The molecular formula is C24H28N4O2. The summed E-state index contributed by atoms with van der Waals surface area (Å²) in [6, 6.07) is 18.4. The lowest BCUT2D eigenvalue weighted by atomic mass is 10.0. The fourth-order valence-corrected chi connectivity index (χ4v) is 4.07. The summed E-state index contributed by atoms with van der Waals surface area (Å²) in [6.07, 6.45) is 0.820. The number of hydrogen-bond acceptors (Lipinski definition) is 4. The van der Waals surface area contributed by atoms with Crippen LogP contribution in [0.2, 0.25) is 0 Å². The standard InChI is InChI=1S/C24H28N4O2/c1-18-6-5-9-20(14-18)16-27-11-10-22-21(17-27)23(26-28(22)12-13-29)24(30)25-15-19-7-3-2-4-8-19/h2-9,14,29H,10-13,15-17H2,1H3,(H,25,30). The van der Waals surface area contributed by atoms with Crippen LogP contribution in [0.1, 0.15) is 38.4 Å². The Balaban J connectivity index is 1.52. The highest BCUT2D eigenvalue weighted by atomic mass is 16.3. The van der Waals surface area contributed by atoms with Gasteiger partial charge in [-0.25, -0.2) is 0 Å². The maximum Gasteiger partial charge on any atom is 0.272 e. The molecule has 0 unspecified atom stereocenters. The van der Waals surface area contributed by atoms with Crippen LogP contribution in [0.15, 0.2) is 54.6 Å². The number of aryl methyl sites for hydroxylation is 1. The molecule has 0 atom stereocenters. The molecule has 4 rings (SSSR count). The number of benzene rings is 2. The largest absolute Gasteiger partial charge is 0.394 e. The van der Waals surface area contributed by atoms with Crippen molar-refractivity contribution in [3.8, 4) is 0 Å². The predicted octanol–water partition coefficient (Wildman–Crippen LogP) is 2.67. The van der Waals surface area contributed by atoms with Crippen LogP contribution in [0.25, 0.3) is 0 Å². The minimum absolute atomic E-state index is 0.00615. The van der Waals surface area contributed by atoms with Gasteiger partial charge in [0, 0.05) is 43.9 Å². The number of aromatic nitrogens is 2. The van der Waals surface area contributed by atoms with Crippen LogP contribution in [0.4, 0.5) is 0 Å². The van der Waals surface area contributed by atoms with Gasteiger partial charge in [0.1, 0.15) is 0 Å². The minimum Gasteiger partial charge on any atom is -0.394 e. The molecule has 0 aliphatic carbocycles. The third kappa shape index (κ3) is 4.61. The molecule has 2 aromatic carbocycles. The molecule has 2 heterocycles. The number of hydrogen-bond donors (Lipinski definition) is 2. The van der Waals surface area contributed by atoms with E-state index in [4.69, 9.17) is 0 Å². The Kier molecular flexibility index (Phi) is 6.26. The number of rotatable bonds is 7. The zero-order chi connectivity index (χ0) is 20.9. The third-order valence-corrected chi connectivity index (χ3v) is 5.52. The lowest BCUT2D eigenvalue weighted by Gasteiger charge is -2.27. The van der Waals surface area contributed by atoms with Crippen LogP contribution in [0.3, 0.4) is 0 Å². The quantitative estimate of drug-likeness (QED) is 0.635. The number of carbonyl (C=O) groups excluding carboxylic acids is 1. The van der Waals surface area contributed by atoms with Crippen LogP contribution in [-0.4, -0.2) is 38.8 Å². The van der Waals surface area contributed by atoms with Gasteiger partial charge >= 0.3 is 0 Å². The Morgan fingerprint density at radius 3 is 2.70 bits per heavy atom. The van der Waals surface area contributed by atoms with Crippen molar-refractivity contribution in [2.75, 3.05) is 13.2 Å². The van der Waals surface area contributed by atoms with E-state index in [2.05, 4.69) is 46.5 Å². The van der Waals surface area contributed by atoms with E-state index in [-0.39, 0.29) is 12.5 Å². The van der Waals surface area contributed by atoms with E-state index in [1.54, 1.807) is 4.68 Å². The molecule has 0 radical (unpaired) electrons. The van der Waals surface area contributed by atoms with Gasteiger partial charge in [-0.1, -0.05) is 60.2 Å². The number of carbonyl (C=O) groups is 1. The van der Waals surface area contributed by atoms with Gasteiger partial charge in [-0.2, -0.15) is 5.10 Å². The van der Waals surface area contributed by atoms with Gasteiger partial charge in [0.15, 0.2) is 5.69 Å². The molecule has 0 fully saturated rings. The van der Waals surface area contributed by atoms with Gasteiger partial charge in [0.25, 0.3) is 5.91 Å². The molecule has 1 aliphatic rings. The normalized spacial score (nSPS) is 13.8. The lowest BCUT2D eigenvalue weighted by molar-refractivity contribution is 0.0942. The first-order chi connectivity index (χ1) is 14.6. The molecule has 30 heavy (non-hydrogen) atoms. The van der Waals surface area contributed by atoms with Crippen molar-refractivity contribution < 1.29 is 9.90 Å². The van der Waals surface area contributed by atoms with Gasteiger partial charge in [-0.15, -0.1) is 0 Å². The molecule has 1 amide bonds. The van der Waals surface area contributed by atoms with E-state index in [1.165, 1.54) is 11.1 Å². The fraction of sp³-hybridized carbons (Fsp3) is 0.333. The maximum atomic E-state index is 12.9. The molecule has 0 bridgehead atoms. The number of aliphatic hydroxyl groups is 1. The van der Waals surface area contributed by atoms with E-state index in [9.17, 15) is 9.90 Å². The van der Waals surface area contributed by atoms with E-state index < -0.39 is 0 Å². The highest BCUT2D eigenvalue weighted by Gasteiger charge is 2.28. The van der Waals surface area contributed by atoms with Gasteiger partial charge in [0.05, 0.1) is 13.2 Å². The molecule has 3 aromatic rings. The number of nitrogens with one attached hydrogen (secondary N) is 1. The van der Waals surface area contributed by atoms with Crippen molar-refractivity contribution in [3.05, 3.63) is 88.2 Å². The Morgan fingerprint density at radius 2 is 1.93 bits per heavy atom. The Morgan fingerprint density at radius 1 is 1.13 bits per heavy atom. The van der Waals surface area contributed by atoms with Crippen molar-refractivity contribution in [1.29, 1.82) is 0 Å². The Hall–Kier alpha value is -2.96. The van der Waals surface area contributed by atoms with Crippen molar-refractivity contribution in [1.82, 2.24) is 20.0 Å². The number of nitrogens with zero attached hydrogens (tertiary/aromatic N) is 3. The molecule has 0 saturated carbocycles. The van der Waals surface area contributed by atoms with Crippen LogP contribution in [-0.2, 0) is 32.6 Å². The average molecular weight is 405 g/mol. The SMILES string of the molecule is Cc1cccc(CN2CCc3c(c(C(=O)NCc4ccccc4)nn3CCO)C2)c1. The van der Waals surface area contributed by atoms with Crippen LogP contribution in [0.5, 0.6) is 0 Å². The number of aliphatic hydroxyl groups excluding tert-OH is 1. The number of amides is 1. The van der Waals surface area contributed by atoms with Crippen molar-refractivity contribution in [2.24, 2.45) is 0 Å². The average Bonchev–Trinajstić information content (AvgIpc) is 3.11. The highest BCUT2D eigenvalue weighted by molar-refractivity contribution is 5.94. The zero-order valence-electron chi connectivity index (χ0n) is 17.3. The van der Waals surface area contributed by atoms with Crippen LogP contribution < -0.4 is 5.32 Å². The second-order valence-corrected chi connectivity index (χ2v) is 7.84. The van der Waals surface area contributed by atoms with Crippen molar-refractivity contribution in [3.63, 3.8) is 0 Å². The summed E-state index contributed by atoms with van der Waals surface area (Å²) in [5, 5.41) is 17.0. The van der Waals surface area contributed by atoms with Crippen molar-refractivity contribution in [2.45, 2.75) is 39.5 Å². The summed E-state index contributed by atoms with van der Waals surface area (Å²) in [4.78, 5) is 15.3. The first kappa shape index (κ1) is 20.3. The first-order valence-electron chi connectivity index (χ1n) is 10.4. The second kappa shape index (κ2) is 9.24. The summed E-state index contributed by atoms with van der Waals surface area (Å²) in [5.41, 5.74) is 6.10. The van der Waals surface area contributed by atoms with E-state index in [1.807, 2.05) is 30.3 Å². The van der Waals surface area contributed by atoms with Crippen LogP contribution in [0, 0.1) is 6.92 Å². The van der Waals surface area contributed by atoms with Gasteiger partial charge in [-0.3, -0.25) is 14.4 Å². The monoisotopic (exact) mass is 404 g/mol. The topological polar surface area (TPSA) is 70.4 Å². The summed E-state index contributed by atoms with van der Waals surface area (Å²) >= 11 is 0. The molecule has 0 saturated heterocycles. The first-order valence-corrected chi connectivity index (χ1v) is 10.4. The summed E-state index contributed by atoms with van der Waals surface area (Å²) in [7, 11) is 0. The Bertz CT molecular complexity index is 1010. The minimum atomic E-state index is -0.163. The molecule has 1 aliphatic heterocycles. The van der Waals surface area contributed by atoms with Crippen LogP contribution >= 0.6 is 0 Å². The van der Waals surface area contributed by atoms with Crippen molar-refractivity contribution >= 4 is 5.91 Å². The zero-order valence-corrected chi connectivity index (χ0v) is 17.3. The lowest BCUT2D eigenvalue weighted by Crippen LogP contribution is -2.32. The van der Waals surface area contributed by atoms with Gasteiger partial charge in [0.2, 0.25) is 0 Å². The highest BCUT2D eigenvalue weighted by Crippen LogP contribution is 2.24. The fourth-order valence-electron chi connectivity index (χ4n) is 4.07. The molecule has 6 heteroatoms. The third-order valence-electron chi connectivity index (χ3n) is 5.52. The molecule has 1 aromatic heterocycles. The van der Waals surface area contributed by atoms with E-state index in [0.29, 0.717) is 25.3 Å². The summed E-state index contributed by atoms with van der Waals surface area (Å²) < 4.78 is 1.80. The smallest absolute Gasteiger partial charge is 0.272 e. The predicted molar refractivity (Wildman–Crippen MR) is 116 cm³/mol. The molecule has 2 N–H and O–H groups in total. The Labute approximate surface area is 177 Å². The molecule has 156 valence electrons. The van der Waals surface area contributed by atoms with E-state index >= 15 is 0 Å². The van der Waals surface area contributed by atoms with E-state index in [0.717, 1.165) is 36.3 Å². The summed E-state index contributed by atoms with van der Waals surface area (Å²) in [5.74, 6) is -0.163.